The van der Waals surface area contributed by atoms with Crippen LogP contribution >= 0.6 is 0 Å². The Bertz CT molecular complexity index is 921. The number of hydrogen-bond donors (Lipinski definition) is 2. The van der Waals surface area contributed by atoms with Crippen molar-refractivity contribution in [1.29, 1.82) is 0 Å². The lowest BCUT2D eigenvalue weighted by molar-refractivity contribution is -0.145. The van der Waals surface area contributed by atoms with Crippen molar-refractivity contribution in [2.45, 2.75) is 180 Å². The van der Waals surface area contributed by atoms with Gasteiger partial charge >= 0.3 is 5.97 Å². The molecule has 0 amide bonds. The number of aromatic amines is 1. The van der Waals surface area contributed by atoms with Crippen molar-refractivity contribution in [3.05, 3.63) is 66.8 Å². The molecule has 0 aliphatic carbocycles. The highest BCUT2D eigenvalue weighted by molar-refractivity contribution is 5.75. The molecule has 0 aliphatic heterocycles. The van der Waals surface area contributed by atoms with Crippen LogP contribution in [-0.4, -0.2) is 53.1 Å². The number of aromatic nitrogens is 2. The first-order chi connectivity index (χ1) is 24.7. The lowest BCUT2D eigenvalue weighted by atomic mass is 10.1. The molecule has 0 aliphatic rings. The normalized spacial score (nSPS) is 12.9. The van der Waals surface area contributed by atoms with E-state index in [4.69, 9.17) is 10.5 Å². The van der Waals surface area contributed by atoms with E-state index in [1.807, 2.05) is 0 Å². The summed E-state index contributed by atoms with van der Waals surface area (Å²) in [6, 6.07) is -0.674. The average Bonchev–Trinajstić information content (AvgIpc) is 3.64. The van der Waals surface area contributed by atoms with Crippen LogP contribution in [0.3, 0.4) is 0 Å². The highest BCUT2D eigenvalue weighted by Crippen LogP contribution is 2.12. The van der Waals surface area contributed by atoms with Crippen LogP contribution in [0.1, 0.15) is 174 Å². The first-order valence-electron chi connectivity index (χ1n) is 20.9. The van der Waals surface area contributed by atoms with E-state index in [-0.39, 0.29) is 5.97 Å². The van der Waals surface area contributed by atoms with E-state index in [1.165, 1.54) is 141 Å². The zero-order chi connectivity index (χ0) is 36.0. The summed E-state index contributed by atoms with van der Waals surface area (Å²) < 4.78 is 5.59. The highest BCUT2D eigenvalue weighted by Gasteiger charge is 2.17. The lowest BCUT2D eigenvalue weighted by Gasteiger charge is -2.22. The third-order valence-corrected chi connectivity index (χ3v) is 9.29. The van der Waals surface area contributed by atoms with Gasteiger partial charge in [0.25, 0.3) is 0 Å². The van der Waals surface area contributed by atoms with Crippen LogP contribution in [0.25, 0.3) is 0 Å². The molecule has 0 saturated heterocycles. The van der Waals surface area contributed by atoms with Gasteiger partial charge in [0.2, 0.25) is 0 Å². The summed E-state index contributed by atoms with van der Waals surface area (Å²) in [4.78, 5) is 22.0. The zero-order valence-electron chi connectivity index (χ0n) is 32.6. The molecule has 1 aromatic rings. The van der Waals surface area contributed by atoms with Crippen LogP contribution in [0.2, 0.25) is 0 Å². The molecule has 1 rings (SSSR count). The van der Waals surface area contributed by atoms with Gasteiger partial charge in [0.1, 0.15) is 12.6 Å². The summed E-state index contributed by atoms with van der Waals surface area (Å²) in [6.07, 6.45) is 52.8. The second kappa shape index (κ2) is 36.4. The molecule has 0 saturated carbocycles. The van der Waals surface area contributed by atoms with Crippen molar-refractivity contribution in [3.8, 4) is 0 Å². The summed E-state index contributed by atoms with van der Waals surface area (Å²) in [7, 11) is 0. The molecule has 0 bridgehead atoms. The van der Waals surface area contributed by atoms with Crippen molar-refractivity contribution in [1.82, 2.24) is 14.9 Å². The maximum atomic E-state index is 12.5. The number of carbonyl (C=O) groups is 1. The smallest absolute Gasteiger partial charge is 0.323 e. The Morgan fingerprint density at radius 3 is 1.54 bits per heavy atom. The van der Waals surface area contributed by atoms with Gasteiger partial charge in [-0.2, -0.15) is 0 Å². The monoisotopic (exact) mass is 695 g/mol. The fraction of sp³-hybridized carbons (Fsp3) is 0.727. The number of ether oxygens (including phenoxy) is 1. The molecule has 0 fully saturated rings. The summed E-state index contributed by atoms with van der Waals surface area (Å²) in [5, 5.41) is 0. The van der Waals surface area contributed by atoms with E-state index in [2.05, 4.69) is 77.3 Å². The number of allylic oxidation sites excluding steroid dienone is 8. The third-order valence-electron chi connectivity index (χ3n) is 9.29. The Morgan fingerprint density at radius 2 is 1.10 bits per heavy atom. The highest BCUT2D eigenvalue weighted by atomic mass is 16.5. The van der Waals surface area contributed by atoms with Crippen LogP contribution in [0.4, 0.5) is 0 Å². The number of carbonyl (C=O) groups excluding carboxylic acids is 1. The molecule has 0 spiro atoms. The predicted octanol–water partition coefficient (Wildman–Crippen LogP) is 11.8. The largest absolute Gasteiger partial charge is 0.463 e. The number of unbranched alkanes of at least 4 members (excludes halogenated alkanes) is 18. The van der Waals surface area contributed by atoms with Gasteiger partial charge in [-0.1, -0.05) is 140 Å². The Kier molecular flexibility index (Phi) is 33.1. The van der Waals surface area contributed by atoms with E-state index < -0.39 is 6.04 Å². The Morgan fingerprint density at radius 1 is 0.660 bits per heavy atom. The molecule has 0 unspecified atom stereocenters. The van der Waals surface area contributed by atoms with E-state index >= 15 is 0 Å². The van der Waals surface area contributed by atoms with Gasteiger partial charge in [-0.25, -0.2) is 4.98 Å². The molecular weight excluding hydrogens is 617 g/mol. The minimum atomic E-state index is -0.674. The molecule has 0 radical (unpaired) electrons. The molecule has 3 N–H and O–H groups in total. The van der Waals surface area contributed by atoms with Crippen LogP contribution in [0, 0.1) is 0 Å². The van der Waals surface area contributed by atoms with Gasteiger partial charge in [0.15, 0.2) is 0 Å². The fourth-order valence-corrected chi connectivity index (χ4v) is 6.08. The number of nitrogens with zero attached hydrogens (tertiary/aromatic N) is 2. The Balaban J connectivity index is 2.21. The fourth-order valence-electron chi connectivity index (χ4n) is 6.08. The molecule has 0 aromatic carbocycles. The van der Waals surface area contributed by atoms with Gasteiger partial charge in [-0.15, -0.1) is 0 Å². The summed E-state index contributed by atoms with van der Waals surface area (Å²) >= 11 is 0. The summed E-state index contributed by atoms with van der Waals surface area (Å²) in [5.41, 5.74) is 6.86. The molecular formula is C44H78N4O2. The SMILES string of the molecule is CCCCC/C=C\C/C=C\CCCCCCCCN(CCCCCCCC/C=C\C/C=C\CCCCC)CCOC(=O)[C@@H](N)Cc1c[nH]cn1. The Hall–Kier alpha value is -2.44. The second-order valence-corrected chi connectivity index (χ2v) is 14.0. The van der Waals surface area contributed by atoms with Crippen molar-refractivity contribution in [2.75, 3.05) is 26.2 Å². The summed E-state index contributed by atoms with van der Waals surface area (Å²) in [5.74, 6) is -0.338. The minimum absolute atomic E-state index is 0.338. The van der Waals surface area contributed by atoms with Gasteiger partial charge in [0, 0.05) is 19.2 Å². The number of hydrogen-bond acceptors (Lipinski definition) is 5. The zero-order valence-corrected chi connectivity index (χ0v) is 32.6. The van der Waals surface area contributed by atoms with Gasteiger partial charge in [-0.05, 0) is 90.1 Å². The maximum Gasteiger partial charge on any atom is 0.323 e. The molecule has 6 heteroatoms. The lowest BCUT2D eigenvalue weighted by Crippen LogP contribution is -2.37. The molecule has 1 aromatic heterocycles. The standard InChI is InChI=1S/C44H78N4O2/c1-3-5-7-9-11-13-15-17-19-21-23-25-27-29-31-33-35-48(37-38-50-44(49)43(45)39-42-40-46-41-47-42)36-34-32-30-28-26-24-22-20-18-16-14-12-10-8-6-4-2/h11-14,17-20,40-41,43H,3-10,15-16,21-39,45H2,1-2H3,(H,46,47)/b13-11-,14-12-,19-17-,20-18-/t43-/m0/s1. The van der Waals surface area contributed by atoms with Crippen molar-refractivity contribution in [2.24, 2.45) is 5.73 Å². The van der Waals surface area contributed by atoms with Crippen LogP contribution in [-0.2, 0) is 16.0 Å². The number of H-pyrrole nitrogens is 1. The molecule has 6 nitrogen and oxygen atoms in total. The number of esters is 1. The average molecular weight is 695 g/mol. The van der Waals surface area contributed by atoms with Gasteiger partial charge in [-0.3, -0.25) is 9.69 Å². The van der Waals surface area contributed by atoms with Crippen LogP contribution < -0.4 is 5.73 Å². The predicted molar refractivity (Wildman–Crippen MR) is 216 cm³/mol. The van der Waals surface area contributed by atoms with Gasteiger partial charge in [0.05, 0.1) is 12.0 Å². The third kappa shape index (κ3) is 30.4. The number of nitrogens with one attached hydrogen (secondary N) is 1. The molecule has 50 heavy (non-hydrogen) atoms. The molecule has 286 valence electrons. The summed E-state index contributed by atoms with van der Waals surface area (Å²) in [6.45, 7) is 7.85. The minimum Gasteiger partial charge on any atom is -0.463 e. The van der Waals surface area contributed by atoms with E-state index in [0.29, 0.717) is 13.0 Å². The van der Waals surface area contributed by atoms with Crippen molar-refractivity contribution < 1.29 is 9.53 Å². The molecule has 1 atom stereocenters. The molecule has 1 heterocycles. The first kappa shape index (κ1) is 45.6. The van der Waals surface area contributed by atoms with Crippen molar-refractivity contribution in [3.63, 3.8) is 0 Å². The second-order valence-electron chi connectivity index (χ2n) is 14.0. The topological polar surface area (TPSA) is 84.2 Å². The van der Waals surface area contributed by atoms with Gasteiger partial charge < -0.3 is 15.5 Å². The van der Waals surface area contributed by atoms with E-state index in [9.17, 15) is 4.79 Å². The first-order valence-corrected chi connectivity index (χ1v) is 20.9. The van der Waals surface area contributed by atoms with Crippen LogP contribution in [0.15, 0.2) is 61.1 Å². The Labute approximate surface area is 308 Å². The van der Waals surface area contributed by atoms with E-state index in [1.54, 1.807) is 12.5 Å². The number of rotatable bonds is 36. The van der Waals surface area contributed by atoms with Crippen molar-refractivity contribution >= 4 is 5.97 Å². The number of nitrogens with two attached hydrogens (primary N) is 1. The number of imidazole rings is 1. The van der Waals surface area contributed by atoms with E-state index in [0.717, 1.165) is 38.2 Å². The maximum absolute atomic E-state index is 12.5. The van der Waals surface area contributed by atoms with Crippen LogP contribution in [0.5, 0.6) is 0 Å². The quantitative estimate of drug-likeness (QED) is 0.0415.